The zero-order valence-corrected chi connectivity index (χ0v) is 13.9. The summed E-state index contributed by atoms with van der Waals surface area (Å²) in [5.74, 6) is -0.279. The second kappa shape index (κ2) is 7.10. The van der Waals surface area contributed by atoms with Gasteiger partial charge in [0, 0.05) is 0 Å². The van der Waals surface area contributed by atoms with Crippen LogP contribution in [0.3, 0.4) is 0 Å². The van der Waals surface area contributed by atoms with Crippen LogP contribution in [0.25, 0.3) is 9.65 Å². The summed E-state index contributed by atoms with van der Waals surface area (Å²) in [7, 11) is 0. The Morgan fingerprint density at radius 3 is 2.64 bits per heavy atom. The Hall–Kier alpha value is -1.61. The van der Waals surface area contributed by atoms with E-state index in [-0.39, 0.29) is 26.1 Å². The van der Waals surface area contributed by atoms with Crippen LogP contribution in [0.4, 0.5) is 4.39 Å². The van der Waals surface area contributed by atoms with E-state index < -0.39 is 0 Å². The van der Waals surface area contributed by atoms with Gasteiger partial charge in [-0.1, -0.05) is 0 Å². The molecule has 0 saturated heterocycles. The first-order valence-electron chi connectivity index (χ1n) is 7.37. The molecular weight excluding hydrogens is 344 g/mol. The summed E-state index contributed by atoms with van der Waals surface area (Å²) in [6.45, 7) is 1.80. The number of fused-ring (bicyclic) bond motifs is 1. The van der Waals surface area contributed by atoms with Gasteiger partial charge in [-0.25, -0.2) is 0 Å². The first kappa shape index (κ1) is 15.3. The number of nitrogens with one attached hydrogen (secondary N) is 1. The van der Waals surface area contributed by atoms with Crippen molar-refractivity contribution in [3.05, 3.63) is 64.3 Å². The fourth-order valence-corrected chi connectivity index (χ4v) is 4.77. The monoisotopic (exact) mass is 363 g/mol. The van der Waals surface area contributed by atoms with Gasteiger partial charge >= 0.3 is 135 Å². The fraction of sp³-hybridized carbons (Fsp3) is 0.222. The number of phenolic OH excluding ortho intramolecular Hbond substituents is 1. The van der Waals surface area contributed by atoms with E-state index in [2.05, 4.69) is 34.5 Å². The van der Waals surface area contributed by atoms with Crippen LogP contribution in [0.2, 0.25) is 0 Å². The zero-order chi connectivity index (χ0) is 15.4. The van der Waals surface area contributed by atoms with Crippen molar-refractivity contribution in [2.75, 3.05) is 13.1 Å². The maximum absolute atomic E-state index is 13.3. The van der Waals surface area contributed by atoms with Gasteiger partial charge in [0.1, 0.15) is 0 Å². The van der Waals surface area contributed by atoms with Gasteiger partial charge in [0.15, 0.2) is 0 Å². The molecule has 4 heteroatoms. The van der Waals surface area contributed by atoms with Crippen LogP contribution in [0, 0.1) is 5.82 Å². The molecule has 0 aliphatic carbocycles. The van der Waals surface area contributed by atoms with Crippen molar-refractivity contribution in [2.24, 2.45) is 0 Å². The van der Waals surface area contributed by atoms with E-state index in [4.69, 9.17) is 0 Å². The van der Waals surface area contributed by atoms with E-state index in [0.717, 1.165) is 41.1 Å². The van der Waals surface area contributed by atoms with Gasteiger partial charge in [-0.3, -0.25) is 0 Å². The van der Waals surface area contributed by atoms with Crippen molar-refractivity contribution < 1.29 is 9.50 Å². The molecule has 0 aliphatic rings. The summed E-state index contributed by atoms with van der Waals surface area (Å²) in [5.41, 5.74) is 2.47. The Balaban J connectivity index is 1.54. The predicted molar refractivity (Wildman–Crippen MR) is 89.2 cm³/mol. The van der Waals surface area contributed by atoms with Crippen LogP contribution in [0.15, 0.2) is 47.4 Å². The summed E-state index contributed by atoms with van der Waals surface area (Å²) in [4.78, 5) is 2.15. The predicted octanol–water partition coefficient (Wildman–Crippen LogP) is 3.12. The molecule has 3 aromatic rings. The van der Waals surface area contributed by atoms with Gasteiger partial charge in [-0.05, 0) is 0 Å². The molecule has 0 bridgehead atoms. The molecule has 0 saturated carbocycles. The molecule has 0 spiro atoms. The van der Waals surface area contributed by atoms with Crippen molar-refractivity contribution in [1.82, 2.24) is 5.32 Å². The van der Waals surface area contributed by atoms with Gasteiger partial charge in [0.2, 0.25) is 0 Å². The molecule has 0 atom stereocenters. The number of benzene rings is 2. The summed E-state index contributed by atoms with van der Waals surface area (Å²) in [6.07, 6.45) is 1.87. The molecule has 0 fully saturated rings. The molecule has 0 radical (unpaired) electrons. The van der Waals surface area contributed by atoms with E-state index in [1.165, 1.54) is 11.6 Å². The summed E-state index contributed by atoms with van der Waals surface area (Å²) >= 11 is 0.133. The molecule has 0 aliphatic heterocycles. The van der Waals surface area contributed by atoms with Gasteiger partial charge < -0.3 is 0 Å². The van der Waals surface area contributed by atoms with Crippen LogP contribution >= 0.6 is 0 Å². The van der Waals surface area contributed by atoms with Gasteiger partial charge in [-0.2, -0.15) is 0 Å². The van der Waals surface area contributed by atoms with Gasteiger partial charge in [0.25, 0.3) is 0 Å². The second-order valence-corrected chi connectivity index (χ2v) is 7.21. The third-order valence-electron chi connectivity index (χ3n) is 3.70. The summed E-state index contributed by atoms with van der Waals surface area (Å²) in [5, 5.41) is 14.2. The Morgan fingerprint density at radius 1 is 1.05 bits per heavy atom. The Morgan fingerprint density at radius 2 is 1.82 bits per heavy atom. The topological polar surface area (TPSA) is 32.3 Å². The normalized spacial score (nSPS) is 11.1. The van der Waals surface area contributed by atoms with E-state index >= 15 is 0 Å². The molecule has 2 aromatic carbocycles. The number of halogens is 1. The van der Waals surface area contributed by atoms with Gasteiger partial charge in [0.05, 0.1) is 0 Å². The molecule has 2 N–H and O–H groups in total. The SMILES string of the molecule is Oc1cc(F)cc2[se]cc(CCNCCc3ccccc3)c12. The van der Waals surface area contributed by atoms with Gasteiger partial charge in [-0.15, -0.1) is 0 Å². The second-order valence-electron chi connectivity index (χ2n) is 5.29. The average Bonchev–Trinajstić information content (AvgIpc) is 2.91. The molecule has 0 amide bonds. The van der Waals surface area contributed by atoms with Crippen molar-refractivity contribution in [1.29, 1.82) is 0 Å². The fourth-order valence-electron chi connectivity index (χ4n) is 2.59. The summed E-state index contributed by atoms with van der Waals surface area (Å²) in [6, 6.07) is 13.1. The van der Waals surface area contributed by atoms with E-state index in [1.54, 1.807) is 6.07 Å². The molecule has 114 valence electrons. The van der Waals surface area contributed by atoms with E-state index in [0.29, 0.717) is 0 Å². The number of aromatic hydroxyl groups is 1. The number of rotatable bonds is 6. The molecule has 1 heterocycles. The minimum atomic E-state index is -0.353. The standard InChI is InChI=1S/C18H18FNOSe/c19-15-10-16(21)18-14(12-22-17(18)11-15)7-9-20-8-6-13-4-2-1-3-5-13/h1-5,10-12,20-21H,6-9H2. The Kier molecular flexibility index (Phi) is 4.93. The summed E-state index contributed by atoms with van der Waals surface area (Å²) < 4.78 is 14.2. The number of hydrogen-bond acceptors (Lipinski definition) is 2. The first-order valence-corrected chi connectivity index (χ1v) is 9.22. The third-order valence-corrected chi connectivity index (χ3v) is 5.75. The average molecular weight is 362 g/mol. The Labute approximate surface area is 135 Å². The number of hydrogen-bond donors (Lipinski definition) is 2. The van der Waals surface area contributed by atoms with Crippen LogP contribution in [-0.2, 0) is 12.8 Å². The van der Waals surface area contributed by atoms with Crippen LogP contribution in [0.1, 0.15) is 11.1 Å². The van der Waals surface area contributed by atoms with Crippen molar-refractivity contribution in [3.8, 4) is 5.75 Å². The van der Waals surface area contributed by atoms with Crippen LogP contribution in [-0.4, -0.2) is 32.7 Å². The zero-order valence-electron chi connectivity index (χ0n) is 12.2. The third kappa shape index (κ3) is 3.58. The van der Waals surface area contributed by atoms with Crippen molar-refractivity contribution in [2.45, 2.75) is 12.8 Å². The van der Waals surface area contributed by atoms with Crippen molar-refractivity contribution in [3.63, 3.8) is 0 Å². The molecule has 1 aromatic heterocycles. The molecular formula is C18H18FNOSe. The minimum absolute atomic E-state index is 0.0740. The van der Waals surface area contributed by atoms with E-state index in [9.17, 15) is 9.50 Å². The molecule has 2 nitrogen and oxygen atoms in total. The molecule has 3 rings (SSSR count). The van der Waals surface area contributed by atoms with E-state index in [1.807, 2.05) is 6.07 Å². The van der Waals surface area contributed by atoms with Crippen LogP contribution < -0.4 is 5.32 Å². The Bertz CT molecular complexity index is 754. The molecule has 22 heavy (non-hydrogen) atoms. The molecule has 0 unspecified atom stereocenters. The van der Waals surface area contributed by atoms with Crippen LogP contribution in [0.5, 0.6) is 5.75 Å². The number of phenols is 1. The maximum atomic E-state index is 13.3. The van der Waals surface area contributed by atoms with Crippen molar-refractivity contribution >= 4 is 24.1 Å². The first-order chi connectivity index (χ1) is 10.7. The quantitative estimate of drug-likeness (QED) is 0.522.